The number of fused-ring (bicyclic) bond motifs is 1. The quantitative estimate of drug-likeness (QED) is 0.550. The molecule has 1 amide bonds. The standard InChI is InChI=1S/C23H21BrN2O4/c24-16-9-7-15(8-10-16)21-12-19(18-5-1-2-6-20(18)26-21)23(28)30-14-22(27)25-13-17-4-3-11-29-17/h1-2,5-10,12,17H,3-4,11,13-14H2,(H,25,27). The third-order valence-electron chi connectivity index (χ3n) is 4.96. The molecule has 7 heteroatoms. The van der Waals surface area contributed by atoms with Crippen molar-refractivity contribution in [2.24, 2.45) is 0 Å². The fourth-order valence-corrected chi connectivity index (χ4v) is 3.67. The van der Waals surface area contributed by atoms with Gasteiger partial charge in [-0.05, 0) is 37.1 Å². The van der Waals surface area contributed by atoms with Crippen LogP contribution in [0.2, 0.25) is 0 Å². The number of benzene rings is 2. The minimum absolute atomic E-state index is 0.0438. The first-order valence-electron chi connectivity index (χ1n) is 9.81. The van der Waals surface area contributed by atoms with Crippen LogP contribution in [0.25, 0.3) is 22.2 Å². The first-order valence-corrected chi connectivity index (χ1v) is 10.6. The monoisotopic (exact) mass is 468 g/mol. The lowest BCUT2D eigenvalue weighted by atomic mass is 10.0. The first-order chi connectivity index (χ1) is 14.6. The average Bonchev–Trinajstić information content (AvgIpc) is 3.29. The number of hydrogen-bond acceptors (Lipinski definition) is 5. The minimum atomic E-state index is -0.556. The summed E-state index contributed by atoms with van der Waals surface area (Å²) < 4.78 is 11.7. The van der Waals surface area contributed by atoms with Crippen molar-refractivity contribution in [2.75, 3.05) is 19.8 Å². The Kier molecular flexibility index (Phi) is 6.40. The Labute approximate surface area is 182 Å². The fourth-order valence-electron chi connectivity index (χ4n) is 3.41. The molecule has 2 heterocycles. The smallest absolute Gasteiger partial charge is 0.339 e. The number of hydrogen-bond donors (Lipinski definition) is 1. The van der Waals surface area contributed by atoms with Crippen LogP contribution >= 0.6 is 15.9 Å². The van der Waals surface area contributed by atoms with Crippen molar-refractivity contribution in [2.45, 2.75) is 18.9 Å². The second-order valence-electron chi connectivity index (χ2n) is 7.09. The molecule has 1 atom stereocenters. The molecule has 2 aromatic carbocycles. The highest BCUT2D eigenvalue weighted by Gasteiger charge is 2.19. The van der Waals surface area contributed by atoms with E-state index in [1.807, 2.05) is 48.5 Å². The Morgan fingerprint density at radius 1 is 1.17 bits per heavy atom. The minimum Gasteiger partial charge on any atom is -0.452 e. The van der Waals surface area contributed by atoms with Gasteiger partial charge in [0.1, 0.15) is 0 Å². The van der Waals surface area contributed by atoms with E-state index in [1.165, 1.54) is 0 Å². The Hall–Kier alpha value is -2.77. The molecule has 0 spiro atoms. The predicted octanol–water partition coefficient (Wildman–Crippen LogP) is 4.12. The van der Waals surface area contributed by atoms with Crippen molar-refractivity contribution < 1.29 is 19.1 Å². The van der Waals surface area contributed by atoms with Gasteiger partial charge in [0, 0.05) is 28.6 Å². The van der Waals surface area contributed by atoms with Gasteiger partial charge in [0.05, 0.1) is 22.9 Å². The summed E-state index contributed by atoms with van der Waals surface area (Å²) in [5.41, 5.74) is 2.61. The molecule has 0 aliphatic carbocycles. The Balaban J connectivity index is 1.50. The van der Waals surface area contributed by atoms with Crippen molar-refractivity contribution in [1.29, 1.82) is 0 Å². The van der Waals surface area contributed by atoms with E-state index in [9.17, 15) is 9.59 Å². The lowest BCUT2D eigenvalue weighted by Crippen LogP contribution is -2.34. The van der Waals surface area contributed by atoms with Crippen LogP contribution in [-0.2, 0) is 14.3 Å². The molecule has 1 N–H and O–H groups in total. The Bertz CT molecular complexity index is 1060. The second kappa shape index (κ2) is 9.36. The van der Waals surface area contributed by atoms with Crippen LogP contribution in [0.3, 0.4) is 0 Å². The molecule has 0 bridgehead atoms. The number of nitrogens with zero attached hydrogens (tertiary/aromatic N) is 1. The van der Waals surface area contributed by atoms with Gasteiger partial charge in [-0.3, -0.25) is 4.79 Å². The van der Waals surface area contributed by atoms with Crippen LogP contribution in [0.4, 0.5) is 0 Å². The SMILES string of the molecule is O=C(COC(=O)c1cc(-c2ccc(Br)cc2)nc2ccccc12)NCC1CCCO1. The molecule has 4 rings (SSSR count). The number of aromatic nitrogens is 1. The van der Waals surface area contributed by atoms with Crippen molar-refractivity contribution in [3.05, 3.63) is 64.6 Å². The number of halogens is 1. The highest BCUT2D eigenvalue weighted by atomic mass is 79.9. The zero-order valence-corrected chi connectivity index (χ0v) is 17.9. The van der Waals surface area contributed by atoms with Crippen LogP contribution < -0.4 is 5.32 Å². The number of esters is 1. The molecule has 30 heavy (non-hydrogen) atoms. The van der Waals surface area contributed by atoms with Crippen molar-refractivity contribution >= 4 is 38.7 Å². The Morgan fingerprint density at radius 3 is 2.73 bits per heavy atom. The highest BCUT2D eigenvalue weighted by Crippen LogP contribution is 2.26. The maximum absolute atomic E-state index is 12.8. The maximum Gasteiger partial charge on any atom is 0.339 e. The topological polar surface area (TPSA) is 77.5 Å². The number of carbonyl (C=O) groups is 2. The van der Waals surface area contributed by atoms with Gasteiger partial charge >= 0.3 is 5.97 Å². The van der Waals surface area contributed by atoms with E-state index in [2.05, 4.69) is 26.2 Å². The van der Waals surface area contributed by atoms with Gasteiger partial charge < -0.3 is 14.8 Å². The van der Waals surface area contributed by atoms with Gasteiger partial charge in [-0.25, -0.2) is 9.78 Å². The molecule has 1 aliphatic heterocycles. The number of pyridine rings is 1. The number of rotatable bonds is 6. The zero-order chi connectivity index (χ0) is 20.9. The Morgan fingerprint density at radius 2 is 1.97 bits per heavy atom. The lowest BCUT2D eigenvalue weighted by Gasteiger charge is -2.12. The van der Waals surface area contributed by atoms with Gasteiger partial charge in [0.2, 0.25) is 0 Å². The molecule has 3 aromatic rings. The molecular formula is C23H21BrN2O4. The summed E-state index contributed by atoms with van der Waals surface area (Å²) in [5, 5.41) is 3.44. The molecule has 1 fully saturated rings. The van der Waals surface area contributed by atoms with E-state index in [4.69, 9.17) is 9.47 Å². The third-order valence-corrected chi connectivity index (χ3v) is 5.49. The van der Waals surface area contributed by atoms with E-state index in [0.717, 1.165) is 29.5 Å². The molecule has 0 saturated carbocycles. The summed E-state index contributed by atoms with van der Waals surface area (Å²) in [6, 6.07) is 16.8. The molecule has 1 aromatic heterocycles. The third kappa shape index (κ3) is 4.86. The van der Waals surface area contributed by atoms with Gasteiger partial charge in [-0.1, -0.05) is 46.3 Å². The number of nitrogens with one attached hydrogen (secondary N) is 1. The van der Waals surface area contributed by atoms with Gasteiger partial charge in [-0.2, -0.15) is 0 Å². The molecule has 1 aliphatic rings. The molecule has 1 unspecified atom stereocenters. The molecular weight excluding hydrogens is 448 g/mol. The zero-order valence-electron chi connectivity index (χ0n) is 16.3. The summed E-state index contributed by atoms with van der Waals surface area (Å²) in [4.78, 5) is 29.5. The lowest BCUT2D eigenvalue weighted by molar-refractivity contribution is -0.124. The average molecular weight is 469 g/mol. The summed E-state index contributed by atoms with van der Waals surface area (Å²) in [6.07, 6.45) is 1.98. The molecule has 6 nitrogen and oxygen atoms in total. The summed E-state index contributed by atoms with van der Waals surface area (Å²) in [6.45, 7) is 0.823. The number of carbonyl (C=O) groups excluding carboxylic acids is 2. The van der Waals surface area contributed by atoms with E-state index in [-0.39, 0.29) is 18.6 Å². The van der Waals surface area contributed by atoms with Crippen molar-refractivity contribution in [1.82, 2.24) is 10.3 Å². The number of para-hydroxylation sites is 1. The van der Waals surface area contributed by atoms with E-state index in [1.54, 1.807) is 6.07 Å². The normalized spacial score (nSPS) is 15.8. The van der Waals surface area contributed by atoms with E-state index in [0.29, 0.717) is 28.7 Å². The fraction of sp³-hybridized carbons (Fsp3) is 0.261. The second-order valence-corrected chi connectivity index (χ2v) is 8.01. The first kappa shape index (κ1) is 20.5. The van der Waals surface area contributed by atoms with Crippen molar-refractivity contribution in [3.63, 3.8) is 0 Å². The van der Waals surface area contributed by atoms with Crippen LogP contribution in [0.5, 0.6) is 0 Å². The molecule has 154 valence electrons. The maximum atomic E-state index is 12.8. The van der Waals surface area contributed by atoms with Crippen LogP contribution in [0, 0.1) is 0 Å². The van der Waals surface area contributed by atoms with Crippen LogP contribution in [0.1, 0.15) is 23.2 Å². The van der Waals surface area contributed by atoms with Gasteiger partial charge in [0.25, 0.3) is 5.91 Å². The largest absolute Gasteiger partial charge is 0.452 e. The predicted molar refractivity (Wildman–Crippen MR) is 117 cm³/mol. The number of amides is 1. The summed E-state index contributed by atoms with van der Waals surface area (Å²) in [5.74, 6) is -0.899. The summed E-state index contributed by atoms with van der Waals surface area (Å²) in [7, 11) is 0. The molecule has 1 saturated heterocycles. The van der Waals surface area contributed by atoms with Crippen molar-refractivity contribution in [3.8, 4) is 11.3 Å². The van der Waals surface area contributed by atoms with Gasteiger partial charge in [0.15, 0.2) is 6.61 Å². The molecule has 0 radical (unpaired) electrons. The van der Waals surface area contributed by atoms with Crippen LogP contribution in [0.15, 0.2) is 59.1 Å². The highest BCUT2D eigenvalue weighted by molar-refractivity contribution is 9.10. The van der Waals surface area contributed by atoms with Crippen LogP contribution in [-0.4, -0.2) is 42.7 Å². The number of ether oxygens (including phenoxy) is 2. The summed E-state index contributed by atoms with van der Waals surface area (Å²) >= 11 is 3.42. The van der Waals surface area contributed by atoms with E-state index >= 15 is 0 Å². The van der Waals surface area contributed by atoms with Gasteiger partial charge in [-0.15, -0.1) is 0 Å². The van der Waals surface area contributed by atoms with E-state index < -0.39 is 5.97 Å².